The molecule has 2 aromatic rings. The van der Waals surface area contributed by atoms with Gasteiger partial charge in [-0.2, -0.15) is 0 Å². The second-order valence-corrected chi connectivity index (χ2v) is 4.56. The molecule has 1 aromatic carbocycles. The van der Waals surface area contributed by atoms with Crippen molar-refractivity contribution in [1.29, 1.82) is 0 Å². The topological polar surface area (TPSA) is 91.3 Å². The van der Waals surface area contributed by atoms with Crippen molar-refractivity contribution < 1.29 is 9.66 Å². The summed E-state index contributed by atoms with van der Waals surface area (Å²) >= 11 is 3.18. The average Bonchev–Trinajstić information content (AvgIpc) is 2.41. The molecule has 0 aliphatic heterocycles. The van der Waals surface area contributed by atoms with Crippen LogP contribution in [0.25, 0.3) is 0 Å². The molecule has 0 aliphatic rings. The van der Waals surface area contributed by atoms with Crippen molar-refractivity contribution in [2.24, 2.45) is 5.73 Å². The number of nitrogens with two attached hydrogens (primary N) is 1. The monoisotopic (exact) mass is 323 g/mol. The SMILES string of the molecule is NCc1cccnc1Oc1ccc(Br)cc1[N+](=O)[O-]. The van der Waals surface area contributed by atoms with E-state index in [-0.39, 0.29) is 23.9 Å². The third-order valence-corrected chi connectivity index (χ3v) is 2.89. The first-order valence-corrected chi connectivity index (χ1v) is 6.17. The van der Waals surface area contributed by atoms with Crippen molar-refractivity contribution >= 4 is 21.6 Å². The van der Waals surface area contributed by atoms with Gasteiger partial charge in [0, 0.05) is 28.8 Å². The van der Waals surface area contributed by atoms with E-state index in [4.69, 9.17) is 10.5 Å². The molecule has 0 spiro atoms. The van der Waals surface area contributed by atoms with Gasteiger partial charge in [-0.25, -0.2) is 4.98 Å². The standard InChI is InChI=1S/C12H10BrN3O3/c13-9-3-4-11(10(6-9)16(17)18)19-12-8(7-14)2-1-5-15-12/h1-6H,7,14H2. The van der Waals surface area contributed by atoms with Gasteiger partial charge in [0.1, 0.15) is 0 Å². The van der Waals surface area contributed by atoms with Gasteiger partial charge < -0.3 is 10.5 Å². The van der Waals surface area contributed by atoms with Gasteiger partial charge in [0.15, 0.2) is 0 Å². The van der Waals surface area contributed by atoms with Gasteiger partial charge in [-0.3, -0.25) is 10.1 Å². The Balaban J connectivity index is 2.41. The summed E-state index contributed by atoms with van der Waals surface area (Å²) in [5, 5.41) is 11.0. The first kappa shape index (κ1) is 13.4. The summed E-state index contributed by atoms with van der Waals surface area (Å²) in [5.41, 5.74) is 6.11. The van der Waals surface area contributed by atoms with Crippen LogP contribution in [0.3, 0.4) is 0 Å². The number of hydrogen-bond donors (Lipinski definition) is 1. The maximum absolute atomic E-state index is 11.0. The molecule has 0 saturated carbocycles. The Kier molecular flexibility index (Phi) is 4.08. The molecular formula is C12H10BrN3O3. The number of rotatable bonds is 4. The Labute approximate surface area is 117 Å². The number of pyridine rings is 1. The quantitative estimate of drug-likeness (QED) is 0.689. The van der Waals surface area contributed by atoms with E-state index in [1.807, 2.05) is 0 Å². The Morgan fingerprint density at radius 2 is 2.21 bits per heavy atom. The summed E-state index contributed by atoms with van der Waals surface area (Å²) in [6, 6.07) is 8.03. The molecule has 0 amide bonds. The average molecular weight is 324 g/mol. The maximum atomic E-state index is 11.0. The predicted molar refractivity (Wildman–Crippen MR) is 73.0 cm³/mol. The van der Waals surface area contributed by atoms with Crippen molar-refractivity contribution in [3.63, 3.8) is 0 Å². The number of hydrogen-bond acceptors (Lipinski definition) is 5. The fraction of sp³-hybridized carbons (Fsp3) is 0.0833. The highest BCUT2D eigenvalue weighted by Crippen LogP contribution is 2.33. The van der Waals surface area contributed by atoms with Crippen LogP contribution < -0.4 is 10.5 Å². The van der Waals surface area contributed by atoms with Crippen LogP contribution in [-0.2, 0) is 6.54 Å². The fourth-order valence-corrected chi connectivity index (χ4v) is 1.84. The number of benzene rings is 1. The van der Waals surface area contributed by atoms with Gasteiger partial charge >= 0.3 is 5.69 Å². The molecule has 0 saturated heterocycles. The van der Waals surface area contributed by atoms with Crippen molar-refractivity contribution in [1.82, 2.24) is 4.98 Å². The molecule has 0 radical (unpaired) electrons. The zero-order valence-corrected chi connectivity index (χ0v) is 11.3. The summed E-state index contributed by atoms with van der Waals surface area (Å²) in [6.07, 6.45) is 1.54. The van der Waals surface area contributed by atoms with Crippen LogP contribution in [0.4, 0.5) is 5.69 Å². The van der Waals surface area contributed by atoms with Gasteiger partial charge in [-0.05, 0) is 18.2 Å². The number of ether oxygens (including phenoxy) is 1. The van der Waals surface area contributed by atoms with E-state index in [1.165, 1.54) is 12.1 Å². The van der Waals surface area contributed by atoms with Gasteiger partial charge in [-0.1, -0.05) is 22.0 Å². The highest BCUT2D eigenvalue weighted by molar-refractivity contribution is 9.10. The molecular weight excluding hydrogens is 314 g/mol. The third kappa shape index (κ3) is 3.07. The number of aromatic nitrogens is 1. The smallest absolute Gasteiger partial charge is 0.312 e. The van der Waals surface area contributed by atoms with Crippen LogP contribution in [0, 0.1) is 10.1 Å². The lowest BCUT2D eigenvalue weighted by Gasteiger charge is -2.08. The molecule has 0 fully saturated rings. The van der Waals surface area contributed by atoms with Crippen molar-refractivity contribution in [3.8, 4) is 11.6 Å². The lowest BCUT2D eigenvalue weighted by Crippen LogP contribution is -2.02. The number of nitrogens with zero attached hydrogens (tertiary/aromatic N) is 2. The fourth-order valence-electron chi connectivity index (χ4n) is 1.50. The van der Waals surface area contributed by atoms with Gasteiger partial charge in [-0.15, -0.1) is 0 Å². The minimum absolute atomic E-state index is 0.126. The van der Waals surface area contributed by atoms with Crippen LogP contribution in [0.1, 0.15) is 5.56 Å². The number of nitro groups is 1. The Morgan fingerprint density at radius 3 is 2.89 bits per heavy atom. The molecule has 7 heteroatoms. The van der Waals surface area contributed by atoms with E-state index in [2.05, 4.69) is 20.9 Å². The summed E-state index contributed by atoms with van der Waals surface area (Å²) < 4.78 is 6.10. The number of nitro benzene ring substituents is 1. The van der Waals surface area contributed by atoms with E-state index in [1.54, 1.807) is 24.4 Å². The minimum Gasteiger partial charge on any atom is -0.431 e. The van der Waals surface area contributed by atoms with Crippen LogP contribution in [0.15, 0.2) is 41.0 Å². The molecule has 2 N–H and O–H groups in total. The predicted octanol–water partition coefficient (Wildman–Crippen LogP) is 3.00. The molecule has 2 rings (SSSR count). The van der Waals surface area contributed by atoms with Crippen molar-refractivity contribution in [2.45, 2.75) is 6.54 Å². The Morgan fingerprint density at radius 1 is 1.42 bits per heavy atom. The lowest BCUT2D eigenvalue weighted by molar-refractivity contribution is -0.385. The van der Waals surface area contributed by atoms with E-state index in [0.717, 1.165) is 0 Å². The first-order valence-electron chi connectivity index (χ1n) is 5.37. The van der Waals surface area contributed by atoms with Gasteiger partial charge in [0.05, 0.1) is 4.92 Å². The molecule has 6 nitrogen and oxygen atoms in total. The molecule has 98 valence electrons. The molecule has 1 aromatic heterocycles. The largest absolute Gasteiger partial charge is 0.431 e. The van der Waals surface area contributed by atoms with E-state index < -0.39 is 4.92 Å². The molecule has 19 heavy (non-hydrogen) atoms. The highest BCUT2D eigenvalue weighted by atomic mass is 79.9. The summed E-state index contributed by atoms with van der Waals surface area (Å²) in [7, 11) is 0. The van der Waals surface area contributed by atoms with Crippen LogP contribution in [0.5, 0.6) is 11.6 Å². The molecule has 0 bridgehead atoms. The second-order valence-electron chi connectivity index (χ2n) is 3.64. The third-order valence-electron chi connectivity index (χ3n) is 2.39. The summed E-state index contributed by atoms with van der Waals surface area (Å²) in [5.74, 6) is 0.400. The van der Waals surface area contributed by atoms with Crippen LogP contribution >= 0.6 is 15.9 Å². The van der Waals surface area contributed by atoms with Crippen molar-refractivity contribution in [3.05, 3.63) is 56.7 Å². The van der Waals surface area contributed by atoms with Crippen LogP contribution in [-0.4, -0.2) is 9.91 Å². The highest BCUT2D eigenvalue weighted by Gasteiger charge is 2.17. The zero-order chi connectivity index (χ0) is 13.8. The zero-order valence-electron chi connectivity index (χ0n) is 9.75. The molecule has 0 unspecified atom stereocenters. The molecule has 0 atom stereocenters. The molecule has 0 aliphatic carbocycles. The Bertz CT molecular complexity index is 619. The summed E-state index contributed by atoms with van der Waals surface area (Å²) in [4.78, 5) is 14.5. The van der Waals surface area contributed by atoms with Crippen molar-refractivity contribution in [2.75, 3.05) is 0 Å². The lowest BCUT2D eigenvalue weighted by atomic mass is 10.2. The number of halogens is 1. The van der Waals surface area contributed by atoms with E-state index in [0.29, 0.717) is 10.0 Å². The first-order chi connectivity index (χ1) is 9.11. The summed E-state index contributed by atoms with van der Waals surface area (Å²) in [6.45, 7) is 0.244. The van der Waals surface area contributed by atoms with E-state index >= 15 is 0 Å². The second kappa shape index (κ2) is 5.77. The molecule has 1 heterocycles. The normalized spacial score (nSPS) is 10.2. The Hall–Kier alpha value is -1.99. The van der Waals surface area contributed by atoms with Crippen LogP contribution in [0.2, 0.25) is 0 Å². The maximum Gasteiger partial charge on any atom is 0.312 e. The van der Waals surface area contributed by atoms with Gasteiger partial charge in [0.2, 0.25) is 11.6 Å². The minimum atomic E-state index is -0.509. The van der Waals surface area contributed by atoms with Gasteiger partial charge in [0.25, 0.3) is 0 Å². The van der Waals surface area contributed by atoms with E-state index in [9.17, 15) is 10.1 Å².